The van der Waals surface area contributed by atoms with Crippen molar-refractivity contribution in [2.24, 2.45) is 0 Å². The average molecular weight is 225 g/mol. The van der Waals surface area contributed by atoms with Crippen LogP contribution in [0.15, 0.2) is 35.2 Å². The maximum atomic E-state index is 11.2. The van der Waals surface area contributed by atoms with Crippen molar-refractivity contribution in [1.82, 2.24) is 0 Å². The first-order valence-electron chi connectivity index (χ1n) is 3.61. The molecular formula is C8H10KO3S. The van der Waals surface area contributed by atoms with E-state index in [0.717, 1.165) is 0 Å². The predicted molar refractivity (Wildman–Crippen MR) is 51.0 cm³/mol. The third kappa shape index (κ3) is 4.20. The summed E-state index contributed by atoms with van der Waals surface area (Å²) in [5.74, 6) is 0. The Balaban J connectivity index is 0.00000144. The summed E-state index contributed by atoms with van der Waals surface area (Å²) in [7, 11) is -3.51. The second kappa shape index (κ2) is 6.29. The predicted octanol–water partition coefficient (Wildman–Crippen LogP) is 1.03. The second-order valence-corrected chi connectivity index (χ2v) is 3.79. The van der Waals surface area contributed by atoms with E-state index in [4.69, 9.17) is 0 Å². The Morgan fingerprint density at radius 1 is 1.23 bits per heavy atom. The van der Waals surface area contributed by atoms with Crippen LogP contribution in [0, 0.1) is 0 Å². The quantitative estimate of drug-likeness (QED) is 0.570. The van der Waals surface area contributed by atoms with Gasteiger partial charge in [0, 0.05) is 51.4 Å². The van der Waals surface area contributed by atoms with Gasteiger partial charge in [-0.2, -0.15) is 8.42 Å². The molecule has 3 nitrogen and oxygen atoms in total. The molecule has 0 bridgehead atoms. The molecule has 0 heterocycles. The van der Waals surface area contributed by atoms with E-state index < -0.39 is 10.1 Å². The van der Waals surface area contributed by atoms with Crippen LogP contribution in [0.3, 0.4) is 0 Å². The Hall–Kier alpha value is 0.766. The summed E-state index contributed by atoms with van der Waals surface area (Å²) in [5, 5.41) is 0. The van der Waals surface area contributed by atoms with E-state index in [1.807, 2.05) is 0 Å². The molecule has 0 saturated carbocycles. The van der Waals surface area contributed by atoms with Gasteiger partial charge in [0.2, 0.25) is 0 Å². The van der Waals surface area contributed by atoms with E-state index in [0.29, 0.717) is 0 Å². The van der Waals surface area contributed by atoms with Gasteiger partial charge in [0.05, 0.1) is 11.5 Å². The Morgan fingerprint density at radius 2 is 1.77 bits per heavy atom. The zero-order valence-corrected chi connectivity index (χ0v) is 11.7. The normalized spacial score (nSPS) is 10.5. The molecule has 0 fully saturated rings. The smallest absolute Gasteiger partial charge is 0.267 e. The SMILES string of the molecule is CCOS(=O)(=O)c1ccccc1.[K]. The van der Waals surface area contributed by atoms with E-state index in [9.17, 15) is 8.42 Å². The molecule has 0 aliphatic carbocycles. The molecule has 0 atom stereocenters. The van der Waals surface area contributed by atoms with Crippen molar-refractivity contribution >= 4 is 61.5 Å². The molecule has 1 rings (SSSR count). The van der Waals surface area contributed by atoms with Crippen molar-refractivity contribution in [2.45, 2.75) is 11.8 Å². The van der Waals surface area contributed by atoms with E-state index in [2.05, 4.69) is 4.18 Å². The minimum absolute atomic E-state index is 0. The van der Waals surface area contributed by atoms with Gasteiger partial charge < -0.3 is 0 Å². The molecule has 5 heteroatoms. The summed E-state index contributed by atoms with van der Waals surface area (Å²) < 4.78 is 27.0. The van der Waals surface area contributed by atoms with Gasteiger partial charge in [0.15, 0.2) is 0 Å². The zero-order chi connectivity index (χ0) is 9.03. The van der Waals surface area contributed by atoms with Gasteiger partial charge >= 0.3 is 0 Å². The monoisotopic (exact) mass is 225 g/mol. The standard InChI is InChI=1S/C8H10O3S.K/c1-2-11-12(9,10)8-6-4-3-5-7-8;/h3-7H,2H2,1H3;. The fourth-order valence-electron chi connectivity index (χ4n) is 0.810. The molecule has 67 valence electrons. The number of benzene rings is 1. The average Bonchev–Trinajstić information content (AvgIpc) is 2.06. The maximum absolute atomic E-state index is 11.2. The number of hydrogen-bond acceptors (Lipinski definition) is 3. The van der Waals surface area contributed by atoms with Crippen LogP contribution >= 0.6 is 0 Å². The van der Waals surface area contributed by atoms with E-state index in [1.165, 1.54) is 12.1 Å². The summed E-state index contributed by atoms with van der Waals surface area (Å²) in [6.45, 7) is 1.80. The first kappa shape index (κ1) is 13.8. The molecule has 1 radical (unpaired) electrons. The molecule has 0 amide bonds. The Kier molecular flexibility index (Phi) is 6.66. The van der Waals surface area contributed by atoms with Crippen molar-refractivity contribution in [2.75, 3.05) is 6.61 Å². The Morgan fingerprint density at radius 3 is 2.23 bits per heavy atom. The van der Waals surface area contributed by atoms with E-state index >= 15 is 0 Å². The molecule has 1 aromatic rings. The minimum Gasteiger partial charge on any atom is -0.267 e. The molecule has 13 heavy (non-hydrogen) atoms. The summed E-state index contributed by atoms with van der Waals surface area (Å²) in [6.07, 6.45) is 0. The fourth-order valence-corrected chi connectivity index (χ4v) is 1.75. The largest absolute Gasteiger partial charge is 0.296 e. The van der Waals surface area contributed by atoms with Gasteiger partial charge in [-0.15, -0.1) is 0 Å². The zero-order valence-electron chi connectivity index (χ0n) is 7.73. The van der Waals surface area contributed by atoms with Gasteiger partial charge in [0.1, 0.15) is 0 Å². The fraction of sp³-hybridized carbons (Fsp3) is 0.250. The minimum atomic E-state index is -3.51. The van der Waals surface area contributed by atoms with Crippen LogP contribution < -0.4 is 0 Å². The molecule has 1 aromatic carbocycles. The van der Waals surface area contributed by atoms with Crippen molar-refractivity contribution in [3.8, 4) is 0 Å². The Bertz CT molecular complexity index is 334. The van der Waals surface area contributed by atoms with Crippen LogP contribution in [-0.2, 0) is 14.3 Å². The summed E-state index contributed by atoms with van der Waals surface area (Å²) in [5.41, 5.74) is 0. The van der Waals surface area contributed by atoms with Crippen LogP contribution in [0.4, 0.5) is 0 Å². The van der Waals surface area contributed by atoms with Crippen LogP contribution in [-0.4, -0.2) is 66.4 Å². The second-order valence-electron chi connectivity index (χ2n) is 2.17. The molecule has 0 spiro atoms. The van der Waals surface area contributed by atoms with Crippen LogP contribution in [0.25, 0.3) is 0 Å². The van der Waals surface area contributed by atoms with Crippen molar-refractivity contribution in [1.29, 1.82) is 0 Å². The molecule has 0 aliphatic heterocycles. The first-order chi connectivity index (χ1) is 5.67. The van der Waals surface area contributed by atoms with Crippen molar-refractivity contribution in [3.05, 3.63) is 30.3 Å². The summed E-state index contributed by atoms with van der Waals surface area (Å²) >= 11 is 0. The Labute approximate surface area is 121 Å². The first-order valence-corrected chi connectivity index (χ1v) is 5.02. The van der Waals surface area contributed by atoms with Gasteiger partial charge in [-0.3, -0.25) is 4.18 Å². The summed E-state index contributed by atoms with van der Waals surface area (Å²) in [6, 6.07) is 8.08. The summed E-state index contributed by atoms with van der Waals surface area (Å²) in [4.78, 5) is 0.201. The van der Waals surface area contributed by atoms with E-state index in [-0.39, 0.29) is 62.9 Å². The molecular weight excluding hydrogens is 215 g/mol. The molecule has 0 saturated heterocycles. The molecule has 0 N–H and O–H groups in total. The molecule has 0 aromatic heterocycles. The maximum Gasteiger partial charge on any atom is 0.296 e. The van der Waals surface area contributed by atoms with Gasteiger partial charge in [-0.1, -0.05) is 18.2 Å². The van der Waals surface area contributed by atoms with E-state index in [1.54, 1.807) is 25.1 Å². The third-order valence-corrected chi connectivity index (χ3v) is 2.70. The van der Waals surface area contributed by atoms with Crippen molar-refractivity contribution in [3.63, 3.8) is 0 Å². The van der Waals surface area contributed by atoms with Gasteiger partial charge in [-0.05, 0) is 19.1 Å². The van der Waals surface area contributed by atoms with Crippen LogP contribution in [0.1, 0.15) is 6.92 Å². The number of rotatable bonds is 3. The van der Waals surface area contributed by atoms with Crippen LogP contribution in [0.5, 0.6) is 0 Å². The third-order valence-electron chi connectivity index (χ3n) is 1.30. The number of hydrogen-bond donors (Lipinski definition) is 0. The van der Waals surface area contributed by atoms with Gasteiger partial charge in [0.25, 0.3) is 10.1 Å². The molecule has 0 aliphatic rings. The van der Waals surface area contributed by atoms with Gasteiger partial charge in [-0.25, -0.2) is 0 Å². The van der Waals surface area contributed by atoms with Crippen LogP contribution in [0.2, 0.25) is 0 Å². The molecule has 0 unspecified atom stereocenters. The van der Waals surface area contributed by atoms with Crippen molar-refractivity contribution < 1.29 is 12.6 Å². The topological polar surface area (TPSA) is 43.4 Å².